The minimum Gasteiger partial charge on any atom is -0.487 e. The first kappa shape index (κ1) is 29.7. The molecular formula is C32H34N4O4S. The number of nitrogens with one attached hydrogen (secondary N) is 2. The smallest absolute Gasteiger partial charge is 0.241 e. The van der Waals surface area contributed by atoms with Gasteiger partial charge in [0.1, 0.15) is 12.4 Å². The van der Waals surface area contributed by atoms with Gasteiger partial charge in [-0.15, -0.1) is 0 Å². The maximum absolute atomic E-state index is 13.1. The number of hydrogen-bond acceptors (Lipinski definition) is 7. The average Bonchev–Trinajstić information content (AvgIpc) is 2.94. The fraction of sp³-hybridized carbons (Fsp3) is 0.250. The molecule has 41 heavy (non-hydrogen) atoms. The molecule has 3 N–H and O–H groups in total. The summed E-state index contributed by atoms with van der Waals surface area (Å²) in [5.41, 5.74) is 5.11. The summed E-state index contributed by atoms with van der Waals surface area (Å²) < 4.78 is 35.1. The second-order valence-corrected chi connectivity index (χ2v) is 12.4. The van der Waals surface area contributed by atoms with Gasteiger partial charge in [-0.2, -0.15) is 5.26 Å². The van der Waals surface area contributed by atoms with Gasteiger partial charge in [-0.05, 0) is 69.2 Å². The lowest BCUT2D eigenvalue weighted by Gasteiger charge is -2.21. The van der Waals surface area contributed by atoms with E-state index in [9.17, 15) is 18.8 Å². The predicted octanol–water partition coefficient (Wildman–Crippen LogP) is 5.69. The zero-order chi connectivity index (χ0) is 29.6. The number of hydrogen-bond donors (Lipinski definition) is 3. The first-order valence-electron chi connectivity index (χ1n) is 13.2. The molecule has 4 rings (SSSR count). The largest absolute Gasteiger partial charge is 0.487 e. The van der Waals surface area contributed by atoms with Crippen molar-refractivity contribution >= 4 is 15.7 Å². The van der Waals surface area contributed by atoms with Gasteiger partial charge < -0.3 is 15.2 Å². The van der Waals surface area contributed by atoms with E-state index >= 15 is 0 Å². The summed E-state index contributed by atoms with van der Waals surface area (Å²) >= 11 is 0. The van der Waals surface area contributed by atoms with Crippen LogP contribution in [-0.2, 0) is 29.8 Å². The summed E-state index contributed by atoms with van der Waals surface area (Å²) in [4.78, 5) is 4.61. The number of nitriles is 1. The van der Waals surface area contributed by atoms with Gasteiger partial charge in [-0.25, -0.2) is 13.1 Å². The quantitative estimate of drug-likeness (QED) is 0.224. The van der Waals surface area contributed by atoms with Crippen molar-refractivity contribution in [3.8, 4) is 22.9 Å². The number of pyridine rings is 1. The Morgan fingerprint density at radius 3 is 2.44 bits per heavy atom. The number of aliphatic hydroxyl groups excluding tert-OH is 1. The van der Waals surface area contributed by atoms with Crippen LogP contribution in [0.2, 0.25) is 0 Å². The Balaban J connectivity index is 1.55. The molecule has 1 aromatic heterocycles. The summed E-state index contributed by atoms with van der Waals surface area (Å²) in [6.07, 6.45) is 1.64. The maximum atomic E-state index is 13.1. The van der Waals surface area contributed by atoms with Crippen molar-refractivity contribution in [2.75, 3.05) is 5.32 Å². The molecule has 4 aromatic rings. The lowest BCUT2D eigenvalue weighted by Crippen LogP contribution is -2.40. The van der Waals surface area contributed by atoms with E-state index in [1.165, 1.54) is 0 Å². The van der Waals surface area contributed by atoms with Gasteiger partial charge in [0.15, 0.2) is 0 Å². The van der Waals surface area contributed by atoms with Crippen LogP contribution in [0.3, 0.4) is 0 Å². The van der Waals surface area contributed by atoms with Crippen LogP contribution in [0, 0.1) is 18.3 Å². The zero-order valence-corrected chi connectivity index (χ0v) is 24.4. The Morgan fingerprint density at radius 1 is 1.02 bits per heavy atom. The van der Waals surface area contributed by atoms with Crippen LogP contribution in [0.15, 0.2) is 83.9 Å². The molecule has 0 amide bonds. The molecule has 8 nitrogen and oxygen atoms in total. The molecule has 0 aliphatic carbocycles. The Bertz CT molecular complexity index is 1670. The van der Waals surface area contributed by atoms with Crippen molar-refractivity contribution in [2.45, 2.75) is 57.9 Å². The van der Waals surface area contributed by atoms with Crippen molar-refractivity contribution in [1.82, 2.24) is 9.71 Å². The van der Waals surface area contributed by atoms with E-state index in [0.29, 0.717) is 34.7 Å². The topological polar surface area (TPSA) is 124 Å². The van der Waals surface area contributed by atoms with E-state index in [0.717, 1.165) is 22.4 Å². The minimum atomic E-state index is -3.72. The third kappa shape index (κ3) is 7.50. The molecule has 0 atom stereocenters. The van der Waals surface area contributed by atoms with Crippen LogP contribution in [0.5, 0.6) is 5.75 Å². The van der Waals surface area contributed by atoms with Crippen LogP contribution in [0.25, 0.3) is 11.1 Å². The number of rotatable bonds is 10. The number of ether oxygens (including phenoxy) is 1. The highest BCUT2D eigenvalue weighted by Crippen LogP contribution is 2.31. The van der Waals surface area contributed by atoms with Gasteiger partial charge in [0.2, 0.25) is 10.0 Å². The summed E-state index contributed by atoms with van der Waals surface area (Å²) in [7, 11) is -3.72. The molecule has 9 heteroatoms. The zero-order valence-electron chi connectivity index (χ0n) is 23.6. The molecule has 212 valence electrons. The second kappa shape index (κ2) is 12.5. The van der Waals surface area contributed by atoms with E-state index in [2.05, 4.69) is 21.1 Å². The first-order valence-corrected chi connectivity index (χ1v) is 14.7. The highest BCUT2D eigenvalue weighted by atomic mass is 32.2. The number of aryl methyl sites for hydroxylation is 1. The third-order valence-corrected chi connectivity index (χ3v) is 8.11. The van der Waals surface area contributed by atoms with Gasteiger partial charge in [0.05, 0.1) is 28.8 Å². The van der Waals surface area contributed by atoms with E-state index in [4.69, 9.17) is 4.74 Å². The Hall–Kier alpha value is -4.23. The molecule has 1 heterocycles. The van der Waals surface area contributed by atoms with Crippen LogP contribution >= 0.6 is 0 Å². The van der Waals surface area contributed by atoms with Crippen LogP contribution in [0.1, 0.15) is 48.7 Å². The molecular weight excluding hydrogens is 536 g/mol. The molecule has 0 saturated heterocycles. The normalized spacial score (nSPS) is 11.6. The minimum absolute atomic E-state index is 0.197. The van der Waals surface area contributed by atoms with E-state index in [1.807, 2.05) is 70.2 Å². The number of benzene rings is 3. The number of sulfonamides is 1. The summed E-state index contributed by atoms with van der Waals surface area (Å²) in [6.45, 7) is 7.69. The standard InChI is InChI=1S/C32H34N4O4S/c1-22-31(40-21-24-9-7-8-23(16-24)17-33)29(26(20-37)18-34-22)19-35-27-14-12-25(13-15-27)28-10-5-6-11-30(28)41(38,39)36-32(2,3)4/h5-16,18,35-37H,19-21H2,1-4H3. The molecule has 0 unspecified atom stereocenters. The fourth-order valence-corrected chi connectivity index (χ4v) is 6.09. The summed E-state index contributed by atoms with van der Waals surface area (Å²) in [6, 6.07) is 23.8. The Labute approximate surface area is 241 Å². The highest BCUT2D eigenvalue weighted by molar-refractivity contribution is 7.89. The predicted molar refractivity (Wildman–Crippen MR) is 160 cm³/mol. The number of anilines is 1. The van der Waals surface area contributed by atoms with Crippen molar-refractivity contribution in [3.05, 3.63) is 107 Å². The molecule has 0 fully saturated rings. The van der Waals surface area contributed by atoms with Crippen LogP contribution in [0.4, 0.5) is 5.69 Å². The maximum Gasteiger partial charge on any atom is 0.241 e. The SMILES string of the molecule is Cc1ncc(CO)c(CNc2ccc(-c3ccccc3S(=O)(=O)NC(C)(C)C)cc2)c1OCc1cccc(C#N)c1. The monoisotopic (exact) mass is 570 g/mol. The van der Waals surface area contributed by atoms with Crippen LogP contribution in [-0.4, -0.2) is 24.0 Å². The molecule has 3 aromatic carbocycles. The molecule has 0 radical (unpaired) electrons. The van der Waals surface area contributed by atoms with E-state index in [-0.39, 0.29) is 18.1 Å². The van der Waals surface area contributed by atoms with Gasteiger partial charge >= 0.3 is 0 Å². The molecule has 0 aliphatic rings. The second-order valence-electron chi connectivity index (χ2n) is 10.7. The van der Waals surface area contributed by atoms with Gasteiger partial charge in [0, 0.05) is 40.7 Å². The van der Waals surface area contributed by atoms with Gasteiger partial charge in [-0.1, -0.05) is 42.5 Å². The number of aliphatic hydroxyl groups is 1. The molecule has 0 saturated carbocycles. The lowest BCUT2D eigenvalue weighted by molar-refractivity contribution is 0.273. The number of aromatic nitrogens is 1. The fourth-order valence-electron chi connectivity index (χ4n) is 4.44. The first-order chi connectivity index (χ1) is 19.5. The Morgan fingerprint density at radius 2 is 1.76 bits per heavy atom. The van der Waals surface area contributed by atoms with Crippen molar-refractivity contribution in [1.29, 1.82) is 5.26 Å². The average molecular weight is 571 g/mol. The van der Waals surface area contributed by atoms with Crippen molar-refractivity contribution in [3.63, 3.8) is 0 Å². The highest BCUT2D eigenvalue weighted by Gasteiger charge is 2.24. The van der Waals surface area contributed by atoms with Gasteiger partial charge in [0.25, 0.3) is 0 Å². The van der Waals surface area contributed by atoms with E-state index < -0.39 is 15.6 Å². The van der Waals surface area contributed by atoms with Crippen LogP contribution < -0.4 is 14.8 Å². The number of nitrogens with zero attached hydrogens (tertiary/aromatic N) is 2. The molecule has 0 bridgehead atoms. The third-order valence-electron chi connectivity index (χ3n) is 6.30. The van der Waals surface area contributed by atoms with Crippen molar-refractivity contribution in [2.24, 2.45) is 0 Å². The van der Waals surface area contributed by atoms with Crippen molar-refractivity contribution < 1.29 is 18.3 Å². The lowest BCUT2D eigenvalue weighted by atomic mass is 10.0. The summed E-state index contributed by atoms with van der Waals surface area (Å²) in [5.74, 6) is 0.577. The molecule has 0 spiro atoms. The Kier molecular flexibility index (Phi) is 9.08. The van der Waals surface area contributed by atoms with E-state index in [1.54, 1.807) is 36.5 Å². The summed E-state index contributed by atoms with van der Waals surface area (Å²) in [5, 5.41) is 22.6. The van der Waals surface area contributed by atoms with Gasteiger partial charge in [-0.3, -0.25) is 4.98 Å². The molecule has 0 aliphatic heterocycles.